The molecule has 1 N–H and O–H groups in total. The molecule has 0 aliphatic rings. The molecule has 2 heterocycles. The van der Waals surface area contributed by atoms with Gasteiger partial charge >= 0.3 is 0 Å². The summed E-state index contributed by atoms with van der Waals surface area (Å²) < 4.78 is 1.11. The lowest BCUT2D eigenvalue weighted by Gasteiger charge is -2.11. The third-order valence-corrected chi connectivity index (χ3v) is 4.31. The van der Waals surface area contributed by atoms with Crippen LogP contribution >= 0.6 is 33.9 Å². The lowest BCUT2D eigenvalue weighted by atomic mass is 10.1. The molecule has 6 heteroatoms. The van der Waals surface area contributed by atoms with Crippen molar-refractivity contribution in [3.8, 4) is 10.7 Å². The van der Waals surface area contributed by atoms with Crippen LogP contribution in [0.1, 0.15) is 19.5 Å². The third-order valence-electron chi connectivity index (χ3n) is 2.41. The van der Waals surface area contributed by atoms with Crippen molar-refractivity contribution in [3.05, 3.63) is 21.0 Å². The number of anilines is 1. The van der Waals surface area contributed by atoms with Gasteiger partial charge in [0, 0.05) is 13.2 Å². The highest BCUT2D eigenvalue weighted by molar-refractivity contribution is 14.1. The number of aromatic nitrogens is 3. The number of hydrogen-bond acceptors (Lipinski definition) is 5. The maximum absolute atomic E-state index is 4.68. The van der Waals surface area contributed by atoms with E-state index in [0.29, 0.717) is 5.92 Å². The topological polar surface area (TPSA) is 50.7 Å². The predicted molar refractivity (Wildman–Crippen MR) is 83.9 cm³/mol. The first-order valence-corrected chi connectivity index (χ1v) is 7.70. The molecule has 96 valence electrons. The van der Waals surface area contributed by atoms with Crippen molar-refractivity contribution in [1.29, 1.82) is 0 Å². The molecular weight excluding hydrogens is 359 g/mol. The van der Waals surface area contributed by atoms with E-state index in [9.17, 15) is 0 Å². The number of nitrogens with zero attached hydrogens (tertiary/aromatic N) is 3. The van der Waals surface area contributed by atoms with Gasteiger partial charge in [0.25, 0.3) is 0 Å². The van der Waals surface area contributed by atoms with Crippen LogP contribution in [0, 0.1) is 9.49 Å². The molecule has 0 aromatic carbocycles. The molecule has 0 saturated carbocycles. The molecule has 0 radical (unpaired) electrons. The largest absolute Gasteiger partial charge is 0.372 e. The Morgan fingerprint density at radius 3 is 2.72 bits per heavy atom. The molecule has 4 nitrogen and oxygen atoms in total. The molecule has 0 fully saturated rings. The molecule has 0 aliphatic heterocycles. The number of rotatable bonds is 4. The average molecular weight is 374 g/mol. The van der Waals surface area contributed by atoms with Crippen LogP contribution in [0.3, 0.4) is 0 Å². The molecule has 0 unspecified atom stereocenters. The van der Waals surface area contributed by atoms with Crippen LogP contribution in [0.25, 0.3) is 10.7 Å². The minimum atomic E-state index is 0.576. The highest BCUT2D eigenvalue weighted by atomic mass is 127. The second-order valence-electron chi connectivity index (χ2n) is 4.37. The Morgan fingerprint density at radius 2 is 2.17 bits per heavy atom. The zero-order valence-corrected chi connectivity index (χ0v) is 13.5. The zero-order chi connectivity index (χ0) is 13.1. The fraction of sp³-hybridized carbons (Fsp3) is 0.417. The molecule has 2 aromatic rings. The summed E-state index contributed by atoms with van der Waals surface area (Å²) in [7, 11) is 1.89. The summed E-state index contributed by atoms with van der Waals surface area (Å²) in [6, 6.07) is 0. The quantitative estimate of drug-likeness (QED) is 0.833. The van der Waals surface area contributed by atoms with Gasteiger partial charge in [-0.2, -0.15) is 0 Å². The first kappa shape index (κ1) is 13.7. The number of hydrogen-bond donors (Lipinski definition) is 1. The van der Waals surface area contributed by atoms with Gasteiger partial charge in [-0.15, -0.1) is 11.3 Å². The predicted octanol–water partition coefficient (Wildman–Crippen LogP) is 3.44. The van der Waals surface area contributed by atoms with Crippen LogP contribution in [0.4, 0.5) is 5.82 Å². The van der Waals surface area contributed by atoms with Crippen LogP contribution in [-0.2, 0) is 6.42 Å². The maximum atomic E-state index is 4.68. The number of nitrogens with one attached hydrogen (secondary N) is 1. The molecule has 0 spiro atoms. The molecule has 0 amide bonds. The van der Waals surface area contributed by atoms with Crippen LogP contribution in [0.5, 0.6) is 0 Å². The summed E-state index contributed by atoms with van der Waals surface area (Å²) in [5, 5.41) is 3.14. The van der Waals surface area contributed by atoms with Gasteiger partial charge in [0.1, 0.15) is 5.82 Å². The van der Waals surface area contributed by atoms with Crippen molar-refractivity contribution in [3.63, 3.8) is 0 Å². The molecule has 0 atom stereocenters. The van der Waals surface area contributed by atoms with E-state index < -0.39 is 0 Å². The minimum Gasteiger partial charge on any atom is -0.372 e. The van der Waals surface area contributed by atoms with Crippen molar-refractivity contribution < 1.29 is 0 Å². The van der Waals surface area contributed by atoms with Crippen molar-refractivity contribution >= 4 is 39.7 Å². The highest BCUT2D eigenvalue weighted by Crippen LogP contribution is 2.26. The Balaban J connectivity index is 2.49. The van der Waals surface area contributed by atoms with Crippen molar-refractivity contribution in [1.82, 2.24) is 15.0 Å². The van der Waals surface area contributed by atoms with Gasteiger partial charge in [-0.25, -0.2) is 9.97 Å². The molecule has 2 rings (SSSR count). The maximum Gasteiger partial charge on any atom is 0.173 e. The van der Waals surface area contributed by atoms with Crippen LogP contribution in [0.15, 0.2) is 11.7 Å². The highest BCUT2D eigenvalue weighted by Gasteiger charge is 2.14. The first-order valence-electron chi connectivity index (χ1n) is 5.74. The van der Waals surface area contributed by atoms with Gasteiger partial charge in [-0.05, 0) is 34.9 Å². The number of thiazole rings is 1. The van der Waals surface area contributed by atoms with E-state index in [4.69, 9.17) is 0 Å². The van der Waals surface area contributed by atoms with E-state index in [-0.39, 0.29) is 0 Å². The van der Waals surface area contributed by atoms with Gasteiger partial charge in [-0.3, -0.25) is 4.98 Å². The van der Waals surface area contributed by atoms with Gasteiger partial charge in [0.2, 0.25) is 0 Å². The lowest BCUT2D eigenvalue weighted by Crippen LogP contribution is -2.07. The van der Waals surface area contributed by atoms with E-state index in [1.165, 1.54) is 0 Å². The SMILES string of the molecule is CNc1nc(-c2cncs2)nc(CC(C)C)c1I. The van der Waals surface area contributed by atoms with Crippen molar-refractivity contribution in [2.75, 3.05) is 12.4 Å². The fourth-order valence-electron chi connectivity index (χ4n) is 1.62. The van der Waals surface area contributed by atoms with E-state index >= 15 is 0 Å². The summed E-state index contributed by atoms with van der Waals surface area (Å²) in [4.78, 5) is 14.3. The van der Waals surface area contributed by atoms with Crippen LogP contribution in [0.2, 0.25) is 0 Å². The first-order chi connectivity index (χ1) is 8.61. The zero-order valence-electron chi connectivity index (χ0n) is 10.6. The van der Waals surface area contributed by atoms with Gasteiger partial charge in [-0.1, -0.05) is 13.8 Å². The Hall–Kier alpha value is -0.760. The summed E-state index contributed by atoms with van der Waals surface area (Å²) in [5.74, 6) is 2.23. The second-order valence-corrected chi connectivity index (χ2v) is 6.34. The third kappa shape index (κ3) is 2.97. The molecule has 0 aliphatic carbocycles. The molecule has 18 heavy (non-hydrogen) atoms. The number of halogens is 1. The summed E-state index contributed by atoms with van der Waals surface area (Å²) >= 11 is 3.87. The standard InChI is InChI=1S/C12H15IN4S/c1-7(2)4-8-10(13)12(14-3)17-11(16-8)9-5-15-6-18-9/h5-7H,4H2,1-3H3,(H,14,16,17). The fourth-order valence-corrected chi connectivity index (χ4v) is 2.90. The van der Waals surface area contributed by atoms with Gasteiger partial charge in [0.05, 0.1) is 19.7 Å². The Bertz CT molecular complexity index is 525. The molecule has 0 saturated heterocycles. The van der Waals surface area contributed by atoms with Gasteiger partial charge in [0.15, 0.2) is 5.82 Å². The Kier molecular flexibility index (Phi) is 4.50. The lowest BCUT2D eigenvalue weighted by molar-refractivity contribution is 0.632. The average Bonchev–Trinajstić information content (AvgIpc) is 2.84. The van der Waals surface area contributed by atoms with E-state index in [1.807, 2.05) is 13.2 Å². The van der Waals surface area contributed by atoms with Crippen molar-refractivity contribution in [2.45, 2.75) is 20.3 Å². The smallest absolute Gasteiger partial charge is 0.173 e. The van der Waals surface area contributed by atoms with Crippen LogP contribution in [-0.4, -0.2) is 22.0 Å². The summed E-state index contributed by atoms with van der Waals surface area (Å²) in [5.41, 5.74) is 2.91. The van der Waals surface area contributed by atoms with Crippen LogP contribution < -0.4 is 5.32 Å². The van der Waals surface area contributed by atoms with E-state index in [1.54, 1.807) is 16.8 Å². The van der Waals surface area contributed by atoms with Gasteiger partial charge < -0.3 is 5.32 Å². The summed E-state index contributed by atoms with van der Waals surface area (Å²) in [6.07, 6.45) is 2.77. The molecule has 0 bridgehead atoms. The molecule has 2 aromatic heterocycles. The van der Waals surface area contributed by atoms with E-state index in [2.05, 4.69) is 56.7 Å². The van der Waals surface area contributed by atoms with E-state index in [0.717, 1.165) is 32.2 Å². The Labute approximate surface area is 124 Å². The Morgan fingerprint density at radius 1 is 1.39 bits per heavy atom. The van der Waals surface area contributed by atoms with Crippen molar-refractivity contribution in [2.24, 2.45) is 5.92 Å². The second kappa shape index (κ2) is 5.92. The normalized spacial score (nSPS) is 10.9. The molecular formula is C12H15IN4S. The summed E-state index contributed by atoms with van der Waals surface area (Å²) in [6.45, 7) is 4.40. The monoisotopic (exact) mass is 374 g/mol. The minimum absolute atomic E-state index is 0.576.